The molecule has 0 saturated carbocycles. The number of fused-ring (bicyclic) bond motifs is 1. The highest BCUT2D eigenvalue weighted by Crippen LogP contribution is 2.52. The molecule has 104 valence electrons. The first-order valence-corrected chi connectivity index (χ1v) is 8.34. The molecule has 2 aliphatic rings. The molecule has 1 fully saturated rings. The molecule has 0 aromatic heterocycles. The Hall–Kier alpha value is -0.980. The van der Waals surface area contributed by atoms with Crippen LogP contribution in [0.5, 0.6) is 0 Å². The number of hydrogen-bond acceptors (Lipinski definition) is 5. The highest BCUT2D eigenvalue weighted by molar-refractivity contribution is 8.02. The summed E-state index contributed by atoms with van der Waals surface area (Å²) in [4.78, 5) is 17.2. The van der Waals surface area contributed by atoms with Crippen LogP contribution >= 0.6 is 23.5 Å². The first-order chi connectivity index (χ1) is 9.17. The number of rotatable bonds is 4. The van der Waals surface area contributed by atoms with E-state index in [2.05, 4.69) is 10.0 Å². The fourth-order valence-electron chi connectivity index (χ4n) is 2.74. The summed E-state index contributed by atoms with van der Waals surface area (Å²) in [6.07, 6.45) is 5.71. The van der Waals surface area contributed by atoms with E-state index in [9.17, 15) is 4.79 Å². The van der Waals surface area contributed by atoms with Gasteiger partial charge in [-0.15, -0.1) is 23.5 Å². The summed E-state index contributed by atoms with van der Waals surface area (Å²) in [6.45, 7) is 0.675. The van der Waals surface area contributed by atoms with E-state index in [0.29, 0.717) is 6.54 Å². The topological polar surface area (TPSA) is 78.3 Å². The maximum absolute atomic E-state index is 12.1. The second-order valence-corrected chi connectivity index (χ2v) is 6.19. The molecule has 2 aliphatic heterocycles. The third-order valence-electron chi connectivity index (χ3n) is 3.56. The van der Waals surface area contributed by atoms with E-state index in [1.165, 1.54) is 11.8 Å². The minimum atomic E-state index is -0.706. The Morgan fingerprint density at radius 1 is 1.58 bits per heavy atom. The lowest BCUT2D eigenvalue weighted by atomic mass is 9.93. The molecule has 8 heteroatoms. The van der Waals surface area contributed by atoms with Crippen molar-refractivity contribution in [2.24, 2.45) is 5.11 Å². The molecule has 0 aromatic rings. The number of methoxy groups -OCH3 is 1. The number of allylic oxidation sites excluding steroid dienone is 1. The van der Waals surface area contributed by atoms with Gasteiger partial charge in [0.05, 0.1) is 7.11 Å². The lowest BCUT2D eigenvalue weighted by Crippen LogP contribution is -2.72. The van der Waals surface area contributed by atoms with E-state index < -0.39 is 10.9 Å². The first kappa shape index (κ1) is 14.4. The summed E-state index contributed by atoms with van der Waals surface area (Å²) in [5.41, 5.74) is 8.69. The molecule has 0 spiro atoms. The third kappa shape index (κ3) is 1.89. The summed E-state index contributed by atoms with van der Waals surface area (Å²) in [5.74, 6) is 0.658. The molecule has 0 radical (unpaired) electrons. The van der Waals surface area contributed by atoms with E-state index in [0.717, 1.165) is 23.5 Å². The molecule has 0 unspecified atom stereocenters. The van der Waals surface area contributed by atoms with Gasteiger partial charge in [-0.1, -0.05) is 5.11 Å². The Morgan fingerprint density at radius 2 is 2.32 bits per heavy atom. The Bertz CT molecular complexity index is 475. The average molecular weight is 300 g/mol. The van der Waals surface area contributed by atoms with Crippen molar-refractivity contribution in [1.82, 2.24) is 4.90 Å². The van der Waals surface area contributed by atoms with Crippen molar-refractivity contribution in [1.29, 1.82) is 0 Å². The van der Waals surface area contributed by atoms with E-state index in [1.807, 2.05) is 12.5 Å². The minimum Gasteiger partial charge on any atom is -0.497 e. The number of β-lactam (4-membered cyclic amide) rings is 1. The van der Waals surface area contributed by atoms with Crippen LogP contribution in [-0.2, 0) is 9.53 Å². The predicted octanol–water partition coefficient (Wildman–Crippen LogP) is 2.58. The molecule has 0 aliphatic carbocycles. The quantitative estimate of drug-likeness (QED) is 0.346. The molecule has 2 heterocycles. The zero-order valence-corrected chi connectivity index (χ0v) is 12.8. The number of azide groups is 1. The van der Waals surface area contributed by atoms with Crippen LogP contribution in [0.25, 0.3) is 10.4 Å². The van der Waals surface area contributed by atoms with Gasteiger partial charge in [0.25, 0.3) is 0 Å². The number of hydrogen-bond donors (Lipinski definition) is 0. The van der Waals surface area contributed by atoms with Crippen molar-refractivity contribution in [2.45, 2.75) is 23.8 Å². The van der Waals surface area contributed by atoms with Crippen LogP contribution in [0.3, 0.4) is 0 Å². The van der Waals surface area contributed by atoms with Crippen LogP contribution in [0.15, 0.2) is 15.8 Å². The van der Waals surface area contributed by atoms with Gasteiger partial charge in [0.2, 0.25) is 5.91 Å². The number of ether oxygens (including phenoxy) is 1. The second-order valence-electron chi connectivity index (χ2n) is 4.26. The fourth-order valence-corrected chi connectivity index (χ4v) is 4.75. The predicted molar refractivity (Wildman–Crippen MR) is 77.7 cm³/mol. The van der Waals surface area contributed by atoms with Crippen LogP contribution in [-0.4, -0.2) is 47.9 Å². The summed E-state index contributed by atoms with van der Waals surface area (Å²) in [6, 6.07) is -0.706. The number of carbonyl (C=O) groups excluding carboxylic acids is 1. The molecular weight excluding hydrogens is 284 g/mol. The van der Waals surface area contributed by atoms with Crippen LogP contribution in [0.4, 0.5) is 0 Å². The second kappa shape index (κ2) is 5.56. The van der Waals surface area contributed by atoms with Gasteiger partial charge in [-0.2, -0.15) is 0 Å². The van der Waals surface area contributed by atoms with Crippen molar-refractivity contribution in [3.63, 3.8) is 0 Å². The van der Waals surface area contributed by atoms with Crippen LogP contribution in [0, 0.1) is 0 Å². The maximum atomic E-state index is 12.1. The lowest BCUT2D eigenvalue weighted by molar-refractivity contribution is -0.151. The number of thioether (sulfide) groups is 2. The van der Waals surface area contributed by atoms with Gasteiger partial charge < -0.3 is 9.64 Å². The molecule has 0 aromatic carbocycles. The number of carbonyl (C=O) groups is 1. The van der Waals surface area contributed by atoms with E-state index in [4.69, 9.17) is 10.3 Å². The fraction of sp³-hybridized carbons (Fsp3) is 0.727. The van der Waals surface area contributed by atoms with Crippen molar-refractivity contribution in [3.05, 3.63) is 21.1 Å². The van der Waals surface area contributed by atoms with Crippen LogP contribution < -0.4 is 0 Å². The van der Waals surface area contributed by atoms with Gasteiger partial charge in [-0.3, -0.25) is 4.79 Å². The summed E-state index contributed by atoms with van der Waals surface area (Å²) >= 11 is 3.14. The Labute approximate surface area is 120 Å². The molecule has 0 bridgehead atoms. The van der Waals surface area contributed by atoms with E-state index >= 15 is 0 Å². The molecule has 2 atom stereocenters. The largest absolute Gasteiger partial charge is 0.497 e. The van der Waals surface area contributed by atoms with E-state index in [1.54, 1.807) is 23.8 Å². The summed E-state index contributed by atoms with van der Waals surface area (Å²) in [5, 5.41) is 3.69. The minimum absolute atomic E-state index is 0.107. The molecule has 6 nitrogen and oxygen atoms in total. The Balaban J connectivity index is 2.57. The lowest BCUT2D eigenvalue weighted by Gasteiger charge is -2.54. The summed E-state index contributed by atoms with van der Waals surface area (Å²) < 4.78 is 5.59. The van der Waals surface area contributed by atoms with Crippen molar-refractivity contribution in [2.75, 3.05) is 26.2 Å². The first-order valence-electron chi connectivity index (χ1n) is 5.89. The Kier molecular flexibility index (Phi) is 4.23. The highest BCUT2D eigenvalue weighted by atomic mass is 32.2. The standard InChI is InChI=1S/C11H16N4O2S2/c1-17-9-7(18-2)5-4-6-15-10(16)8(13-14-12)11(9,15)19-3/h8H,4-6H2,1-3H3/t8-,11-/m1/s1. The SMILES string of the molecule is COC1=C(SC)CCCN2C(=O)[C@@H](N=[N+]=[N-])[C@@]12SC. The molecule has 19 heavy (non-hydrogen) atoms. The van der Waals surface area contributed by atoms with Crippen molar-refractivity contribution in [3.8, 4) is 0 Å². The van der Waals surface area contributed by atoms with Crippen LogP contribution in [0.2, 0.25) is 0 Å². The number of amides is 1. The molecular formula is C11H16N4O2S2. The number of nitrogens with zero attached hydrogens (tertiary/aromatic N) is 4. The molecule has 1 saturated heterocycles. The smallest absolute Gasteiger partial charge is 0.236 e. The van der Waals surface area contributed by atoms with Gasteiger partial charge in [0, 0.05) is 16.4 Å². The molecule has 1 amide bonds. The van der Waals surface area contributed by atoms with Crippen molar-refractivity contribution >= 4 is 29.4 Å². The normalized spacial score (nSPS) is 30.2. The summed E-state index contributed by atoms with van der Waals surface area (Å²) in [7, 11) is 1.61. The monoisotopic (exact) mass is 300 g/mol. The zero-order valence-electron chi connectivity index (χ0n) is 11.1. The van der Waals surface area contributed by atoms with E-state index in [-0.39, 0.29) is 5.91 Å². The third-order valence-corrected chi connectivity index (χ3v) is 5.70. The Morgan fingerprint density at radius 3 is 2.84 bits per heavy atom. The van der Waals surface area contributed by atoms with Gasteiger partial charge in [0.1, 0.15) is 5.76 Å². The highest BCUT2D eigenvalue weighted by Gasteiger charge is 2.64. The average Bonchev–Trinajstić information content (AvgIpc) is 2.58. The van der Waals surface area contributed by atoms with Gasteiger partial charge >= 0.3 is 0 Å². The maximum Gasteiger partial charge on any atom is 0.236 e. The van der Waals surface area contributed by atoms with Gasteiger partial charge in [0.15, 0.2) is 10.9 Å². The van der Waals surface area contributed by atoms with Gasteiger partial charge in [-0.25, -0.2) is 0 Å². The molecule has 2 rings (SSSR count). The van der Waals surface area contributed by atoms with Gasteiger partial charge in [-0.05, 0) is 30.9 Å². The zero-order chi connectivity index (χ0) is 14.0. The van der Waals surface area contributed by atoms with Crippen molar-refractivity contribution < 1.29 is 9.53 Å². The van der Waals surface area contributed by atoms with Crippen LogP contribution in [0.1, 0.15) is 12.8 Å². The molecule has 0 N–H and O–H groups in total.